The molecule has 3 aromatic rings. The lowest BCUT2D eigenvalue weighted by atomic mass is 9.86. The van der Waals surface area contributed by atoms with Crippen LogP contribution in [0.2, 0.25) is 0 Å². The smallest absolute Gasteiger partial charge is 0.277 e. The van der Waals surface area contributed by atoms with Gasteiger partial charge in [0.15, 0.2) is 11.3 Å². The number of hydrogen-bond donors (Lipinski definition) is 1. The molecule has 1 aromatic carbocycles. The van der Waals surface area contributed by atoms with Gasteiger partial charge >= 0.3 is 0 Å². The molecule has 2 saturated heterocycles. The Balaban J connectivity index is 1.56. The number of piperidine rings is 2. The molecule has 0 saturated carbocycles. The van der Waals surface area contributed by atoms with E-state index in [-0.39, 0.29) is 16.3 Å². The number of imidazole rings is 1. The highest BCUT2D eigenvalue weighted by Gasteiger charge is 2.39. The van der Waals surface area contributed by atoms with E-state index in [1.807, 2.05) is 13.8 Å². The Hall–Kier alpha value is -2.76. The maximum atomic E-state index is 13.8. The third kappa shape index (κ3) is 4.80. The second-order valence-electron chi connectivity index (χ2n) is 10.2. The predicted molar refractivity (Wildman–Crippen MR) is 141 cm³/mol. The lowest BCUT2D eigenvalue weighted by molar-refractivity contribution is 0.0683. The van der Waals surface area contributed by atoms with Crippen LogP contribution in [0, 0.1) is 18.8 Å². The number of H-pyrrole nitrogens is 1. The number of aromatic amines is 1. The van der Waals surface area contributed by atoms with Crippen molar-refractivity contribution in [2.75, 3.05) is 39.3 Å². The van der Waals surface area contributed by atoms with E-state index in [9.17, 15) is 13.2 Å². The fourth-order valence-corrected chi connectivity index (χ4v) is 7.44. The summed E-state index contributed by atoms with van der Waals surface area (Å²) >= 11 is 0. The minimum atomic E-state index is -3.74. The van der Waals surface area contributed by atoms with Gasteiger partial charge in [-0.2, -0.15) is 4.31 Å². The number of benzene rings is 1. The van der Waals surface area contributed by atoms with Gasteiger partial charge in [-0.15, -0.1) is 5.10 Å². The van der Waals surface area contributed by atoms with Crippen LogP contribution in [0.15, 0.2) is 27.9 Å². The number of nitrogens with zero attached hydrogens (tertiary/aromatic N) is 5. The zero-order valence-corrected chi connectivity index (χ0v) is 22.8. The summed E-state index contributed by atoms with van der Waals surface area (Å²) in [6.45, 7) is 12.1. The summed E-state index contributed by atoms with van der Waals surface area (Å²) < 4.78 is 36.7. The van der Waals surface area contributed by atoms with Gasteiger partial charge in [-0.3, -0.25) is 4.79 Å². The maximum absolute atomic E-state index is 13.8. The van der Waals surface area contributed by atoms with Gasteiger partial charge in [0.1, 0.15) is 11.6 Å². The number of nitrogens with one attached hydrogen (secondary N) is 1. The molecule has 0 aliphatic carbocycles. The molecule has 1 N–H and O–H groups in total. The summed E-state index contributed by atoms with van der Waals surface area (Å²) in [5, 5.41) is 4.69. The highest BCUT2D eigenvalue weighted by Crippen LogP contribution is 2.35. The Morgan fingerprint density at radius 2 is 1.84 bits per heavy atom. The van der Waals surface area contributed by atoms with Crippen molar-refractivity contribution in [3.05, 3.63) is 40.1 Å². The number of likely N-dealkylation sites (tertiary alicyclic amines) is 1. The Morgan fingerprint density at radius 3 is 2.49 bits per heavy atom. The lowest BCUT2D eigenvalue weighted by Gasteiger charge is -2.45. The quantitative estimate of drug-likeness (QED) is 0.478. The van der Waals surface area contributed by atoms with Gasteiger partial charge in [0, 0.05) is 32.6 Å². The van der Waals surface area contributed by atoms with Crippen LogP contribution in [0.25, 0.3) is 16.9 Å². The molecular weight excluding hydrogens is 492 g/mol. The van der Waals surface area contributed by atoms with Crippen LogP contribution in [-0.4, -0.2) is 76.5 Å². The molecule has 2 unspecified atom stereocenters. The third-order valence-corrected chi connectivity index (χ3v) is 9.26. The van der Waals surface area contributed by atoms with Gasteiger partial charge in [-0.1, -0.05) is 13.8 Å². The standard InChI is InChI=1S/C26H36N6O4S/c1-5-8-23-27-17(4)24-26(33)28-25(29-32(23)24)21-12-20(9-10-22(21)36-7-3)37(34,35)31-15-18-11-19(16-31)14-30(6-2)13-18/h9-10,12,18-19H,5-8,11,13-16H2,1-4H3,(H,28,29,33). The van der Waals surface area contributed by atoms with Crippen LogP contribution in [0.1, 0.15) is 45.1 Å². The van der Waals surface area contributed by atoms with Crippen LogP contribution >= 0.6 is 0 Å². The van der Waals surface area contributed by atoms with E-state index in [0.29, 0.717) is 66.3 Å². The van der Waals surface area contributed by atoms with Crippen molar-refractivity contribution < 1.29 is 13.2 Å². The van der Waals surface area contributed by atoms with Crippen molar-refractivity contribution in [1.29, 1.82) is 0 Å². The van der Waals surface area contributed by atoms with E-state index in [0.717, 1.165) is 32.5 Å². The highest BCUT2D eigenvalue weighted by atomic mass is 32.2. The van der Waals surface area contributed by atoms with Crippen LogP contribution in [0.4, 0.5) is 0 Å². The van der Waals surface area contributed by atoms with Gasteiger partial charge in [0.05, 0.1) is 22.8 Å². The molecule has 2 aromatic heterocycles. The molecule has 5 rings (SSSR count). The Bertz CT molecular complexity index is 1450. The molecular formula is C26H36N6O4S. The first-order valence-corrected chi connectivity index (χ1v) is 14.7. The number of ether oxygens (including phenoxy) is 1. The second-order valence-corrected chi connectivity index (χ2v) is 12.1. The molecule has 37 heavy (non-hydrogen) atoms. The third-order valence-electron chi connectivity index (χ3n) is 7.43. The van der Waals surface area contributed by atoms with Crippen LogP contribution in [0.5, 0.6) is 5.75 Å². The number of aryl methyl sites for hydroxylation is 2. The summed E-state index contributed by atoms with van der Waals surface area (Å²) in [6.07, 6.45) is 2.60. The molecule has 4 heterocycles. The van der Waals surface area contributed by atoms with Crippen molar-refractivity contribution >= 4 is 15.5 Å². The SMILES string of the molecule is CCCc1nc(C)c2c(=O)[nH]c(-c3cc(S(=O)(=O)N4CC5CC(CN(CC)C5)C4)ccc3OCC)nn12. The topological polar surface area (TPSA) is 113 Å². The summed E-state index contributed by atoms with van der Waals surface area (Å²) in [7, 11) is -3.74. The summed E-state index contributed by atoms with van der Waals surface area (Å²) in [6, 6.07) is 4.83. The van der Waals surface area contributed by atoms with Crippen molar-refractivity contribution in [2.45, 2.75) is 51.9 Å². The summed E-state index contributed by atoms with van der Waals surface area (Å²) in [5.41, 5.74) is 1.12. The van der Waals surface area contributed by atoms with Crippen LogP contribution in [-0.2, 0) is 16.4 Å². The first kappa shape index (κ1) is 25.9. The minimum absolute atomic E-state index is 0.177. The molecule has 0 spiro atoms. The number of aromatic nitrogens is 4. The second kappa shape index (κ2) is 10.2. The minimum Gasteiger partial charge on any atom is -0.493 e. The van der Waals surface area contributed by atoms with Crippen LogP contribution in [0.3, 0.4) is 0 Å². The molecule has 200 valence electrons. The van der Waals surface area contributed by atoms with Crippen LogP contribution < -0.4 is 10.3 Å². The fourth-order valence-electron chi connectivity index (χ4n) is 5.82. The molecule has 10 nitrogen and oxygen atoms in total. The van der Waals surface area contributed by atoms with Gasteiger partial charge in [-0.25, -0.2) is 17.9 Å². The monoisotopic (exact) mass is 528 g/mol. The zero-order valence-electron chi connectivity index (χ0n) is 22.0. The maximum Gasteiger partial charge on any atom is 0.277 e. The first-order valence-electron chi connectivity index (χ1n) is 13.2. The summed E-state index contributed by atoms with van der Waals surface area (Å²) in [4.78, 5) is 23.0. The van der Waals surface area contributed by atoms with Crippen molar-refractivity contribution in [3.8, 4) is 17.1 Å². The Labute approximate surface area is 217 Å². The van der Waals surface area contributed by atoms with E-state index in [4.69, 9.17) is 9.84 Å². The molecule has 11 heteroatoms. The first-order chi connectivity index (χ1) is 17.7. The largest absolute Gasteiger partial charge is 0.493 e. The van der Waals surface area contributed by atoms with E-state index in [2.05, 4.69) is 21.8 Å². The molecule has 2 atom stereocenters. The van der Waals surface area contributed by atoms with E-state index >= 15 is 0 Å². The highest BCUT2D eigenvalue weighted by molar-refractivity contribution is 7.89. The molecule has 2 aliphatic rings. The van der Waals surface area contributed by atoms with Gasteiger partial charge in [0.25, 0.3) is 5.56 Å². The van der Waals surface area contributed by atoms with Gasteiger partial charge < -0.3 is 14.6 Å². The molecule has 0 radical (unpaired) electrons. The molecule has 0 amide bonds. The van der Waals surface area contributed by atoms with E-state index < -0.39 is 10.0 Å². The zero-order chi connectivity index (χ0) is 26.3. The average Bonchev–Trinajstić information content (AvgIpc) is 3.19. The summed E-state index contributed by atoms with van der Waals surface area (Å²) in [5.74, 6) is 2.09. The van der Waals surface area contributed by atoms with Gasteiger partial charge in [-0.05, 0) is 63.3 Å². The Kier molecular flexibility index (Phi) is 7.12. The molecule has 2 aliphatic heterocycles. The number of hydrogen-bond acceptors (Lipinski definition) is 7. The van der Waals surface area contributed by atoms with Gasteiger partial charge in [0.2, 0.25) is 10.0 Å². The Morgan fingerprint density at radius 1 is 1.11 bits per heavy atom. The lowest BCUT2D eigenvalue weighted by Crippen LogP contribution is -2.53. The normalized spacial score (nSPS) is 21.0. The van der Waals surface area contributed by atoms with Crippen molar-refractivity contribution in [2.24, 2.45) is 11.8 Å². The number of sulfonamides is 1. The molecule has 2 bridgehead atoms. The predicted octanol–water partition coefficient (Wildman–Crippen LogP) is 2.71. The van der Waals surface area contributed by atoms with E-state index in [1.54, 1.807) is 33.9 Å². The molecule has 2 fully saturated rings. The average molecular weight is 529 g/mol. The fraction of sp³-hybridized carbons (Fsp3) is 0.577. The van der Waals surface area contributed by atoms with Crippen molar-refractivity contribution in [1.82, 2.24) is 28.8 Å². The number of fused-ring (bicyclic) bond motifs is 3. The number of rotatable bonds is 8. The van der Waals surface area contributed by atoms with E-state index in [1.165, 1.54) is 0 Å². The van der Waals surface area contributed by atoms with Crippen molar-refractivity contribution in [3.63, 3.8) is 0 Å².